The molecule has 2 aromatic carbocycles. The Morgan fingerprint density at radius 3 is 2.79 bits per heavy atom. The highest BCUT2D eigenvalue weighted by Gasteiger charge is 2.09. The first kappa shape index (κ1) is 15.6. The molecule has 2 heterocycles. The van der Waals surface area contributed by atoms with Crippen LogP contribution in [0.15, 0.2) is 46.8 Å². The summed E-state index contributed by atoms with van der Waals surface area (Å²) in [6.45, 7) is 1.98. The lowest BCUT2D eigenvalue weighted by atomic mass is 10.3. The lowest BCUT2D eigenvalue weighted by Crippen LogP contribution is -2.13. The number of hydrogen-bond donors (Lipinski definition) is 1. The molecule has 0 aliphatic rings. The van der Waals surface area contributed by atoms with Gasteiger partial charge in [-0.25, -0.2) is 9.97 Å². The van der Waals surface area contributed by atoms with Gasteiger partial charge in [-0.15, -0.1) is 22.7 Å². The van der Waals surface area contributed by atoms with E-state index in [0.717, 1.165) is 35.5 Å². The summed E-state index contributed by atoms with van der Waals surface area (Å²) in [6.07, 6.45) is 0. The number of thiazole rings is 2. The molecule has 0 atom stereocenters. The van der Waals surface area contributed by atoms with Crippen LogP contribution in [0.4, 0.5) is 5.69 Å². The molecular formula is C17H13N3OS3. The van der Waals surface area contributed by atoms with E-state index in [1.165, 1.54) is 11.8 Å². The Labute approximate surface area is 151 Å². The van der Waals surface area contributed by atoms with Crippen molar-refractivity contribution in [1.29, 1.82) is 0 Å². The molecule has 7 heteroatoms. The van der Waals surface area contributed by atoms with E-state index in [1.807, 2.05) is 49.4 Å². The molecule has 1 amide bonds. The van der Waals surface area contributed by atoms with Crippen LogP contribution in [0.25, 0.3) is 20.4 Å². The fourth-order valence-electron chi connectivity index (χ4n) is 2.36. The van der Waals surface area contributed by atoms with Crippen LogP contribution in [-0.4, -0.2) is 21.6 Å². The lowest BCUT2D eigenvalue weighted by molar-refractivity contribution is -0.113. The van der Waals surface area contributed by atoms with Gasteiger partial charge in [0.1, 0.15) is 0 Å². The fourth-order valence-corrected chi connectivity index (χ4v) is 5.03. The summed E-state index contributed by atoms with van der Waals surface area (Å²) in [5, 5.41) is 3.96. The van der Waals surface area contributed by atoms with Gasteiger partial charge in [-0.05, 0) is 37.3 Å². The number of benzene rings is 2. The standard InChI is InChI=1S/C17H13N3OS3/c1-10-18-13-8-11(6-7-15(13)23-10)19-16(21)9-22-17-20-12-4-2-3-5-14(12)24-17/h2-8H,9H2,1H3,(H,19,21). The molecular weight excluding hydrogens is 358 g/mol. The molecule has 0 bridgehead atoms. The van der Waals surface area contributed by atoms with Gasteiger partial charge in [0.05, 0.1) is 31.2 Å². The normalized spacial score (nSPS) is 11.2. The van der Waals surface area contributed by atoms with Crippen molar-refractivity contribution < 1.29 is 4.79 Å². The Bertz CT molecular complexity index is 1000. The summed E-state index contributed by atoms with van der Waals surface area (Å²) < 4.78 is 3.19. The number of nitrogens with one attached hydrogen (secondary N) is 1. The number of rotatable bonds is 4. The minimum atomic E-state index is -0.0365. The van der Waals surface area contributed by atoms with Gasteiger partial charge in [-0.2, -0.15) is 0 Å². The largest absolute Gasteiger partial charge is 0.325 e. The molecule has 0 unspecified atom stereocenters. The molecule has 1 N–H and O–H groups in total. The summed E-state index contributed by atoms with van der Waals surface area (Å²) in [6, 6.07) is 13.8. The molecule has 0 spiro atoms. The van der Waals surface area contributed by atoms with Gasteiger partial charge in [-0.3, -0.25) is 4.79 Å². The average molecular weight is 372 g/mol. The highest BCUT2D eigenvalue weighted by molar-refractivity contribution is 8.01. The molecule has 0 saturated heterocycles. The van der Waals surface area contributed by atoms with Crippen molar-refractivity contribution in [3.05, 3.63) is 47.5 Å². The van der Waals surface area contributed by atoms with Gasteiger partial charge in [0.25, 0.3) is 0 Å². The summed E-state index contributed by atoms with van der Waals surface area (Å²) in [5.74, 6) is 0.305. The minimum absolute atomic E-state index is 0.0365. The van der Waals surface area contributed by atoms with Crippen molar-refractivity contribution >= 4 is 66.5 Å². The highest BCUT2D eigenvalue weighted by Crippen LogP contribution is 2.29. The van der Waals surface area contributed by atoms with Gasteiger partial charge >= 0.3 is 0 Å². The van der Waals surface area contributed by atoms with E-state index < -0.39 is 0 Å². The van der Waals surface area contributed by atoms with Gasteiger partial charge in [-0.1, -0.05) is 23.9 Å². The zero-order chi connectivity index (χ0) is 16.5. The Morgan fingerprint density at radius 2 is 1.92 bits per heavy atom. The number of amides is 1. The van der Waals surface area contributed by atoms with E-state index in [0.29, 0.717) is 5.75 Å². The maximum atomic E-state index is 12.2. The number of hydrogen-bond acceptors (Lipinski definition) is 6. The topological polar surface area (TPSA) is 54.9 Å². The molecule has 0 aliphatic carbocycles. The molecule has 0 saturated carbocycles. The van der Waals surface area contributed by atoms with Crippen molar-refractivity contribution in [2.75, 3.05) is 11.1 Å². The first-order valence-corrected chi connectivity index (χ1v) is 9.95. The molecule has 2 aromatic heterocycles. The Hall–Kier alpha value is -1.96. The van der Waals surface area contributed by atoms with Crippen LogP contribution in [0, 0.1) is 6.92 Å². The van der Waals surface area contributed by atoms with E-state index >= 15 is 0 Å². The summed E-state index contributed by atoms with van der Waals surface area (Å²) in [7, 11) is 0. The Balaban J connectivity index is 1.41. The van der Waals surface area contributed by atoms with Gasteiger partial charge in [0.15, 0.2) is 4.34 Å². The number of aryl methyl sites for hydroxylation is 1. The third-order valence-electron chi connectivity index (χ3n) is 3.38. The van der Waals surface area contributed by atoms with Crippen molar-refractivity contribution in [3.8, 4) is 0 Å². The second-order valence-corrected chi connectivity index (χ2v) is 8.69. The first-order chi connectivity index (χ1) is 11.7. The Kier molecular flexibility index (Phi) is 4.22. The number of para-hydroxylation sites is 1. The number of carbonyl (C=O) groups is 1. The second kappa shape index (κ2) is 6.51. The van der Waals surface area contributed by atoms with Crippen molar-refractivity contribution in [2.24, 2.45) is 0 Å². The van der Waals surface area contributed by atoms with Gasteiger partial charge in [0, 0.05) is 5.69 Å². The van der Waals surface area contributed by atoms with Crippen molar-refractivity contribution in [1.82, 2.24) is 9.97 Å². The van der Waals surface area contributed by atoms with Crippen LogP contribution in [0.5, 0.6) is 0 Å². The molecule has 4 nitrogen and oxygen atoms in total. The summed E-state index contributed by atoms with van der Waals surface area (Å²) in [4.78, 5) is 21.2. The van der Waals surface area contributed by atoms with E-state index in [2.05, 4.69) is 15.3 Å². The molecule has 4 rings (SSSR count). The predicted molar refractivity (Wildman–Crippen MR) is 103 cm³/mol. The van der Waals surface area contributed by atoms with Crippen LogP contribution in [0.1, 0.15) is 5.01 Å². The van der Waals surface area contributed by atoms with Crippen LogP contribution < -0.4 is 5.32 Å². The highest BCUT2D eigenvalue weighted by atomic mass is 32.2. The molecule has 120 valence electrons. The van der Waals surface area contributed by atoms with Crippen LogP contribution in [0.2, 0.25) is 0 Å². The second-order valence-electron chi connectivity index (χ2n) is 5.20. The number of fused-ring (bicyclic) bond motifs is 2. The van der Waals surface area contributed by atoms with E-state index in [4.69, 9.17) is 0 Å². The zero-order valence-electron chi connectivity index (χ0n) is 12.8. The first-order valence-electron chi connectivity index (χ1n) is 7.33. The smallest absolute Gasteiger partial charge is 0.234 e. The lowest BCUT2D eigenvalue weighted by Gasteiger charge is -2.03. The fraction of sp³-hybridized carbons (Fsp3) is 0.118. The maximum absolute atomic E-state index is 12.2. The van der Waals surface area contributed by atoms with E-state index in [1.54, 1.807) is 22.7 Å². The number of aromatic nitrogens is 2. The van der Waals surface area contributed by atoms with Crippen LogP contribution >= 0.6 is 34.4 Å². The number of carbonyl (C=O) groups excluding carboxylic acids is 1. The maximum Gasteiger partial charge on any atom is 0.234 e. The number of nitrogens with zero attached hydrogens (tertiary/aromatic N) is 2. The molecule has 24 heavy (non-hydrogen) atoms. The predicted octanol–water partition coefficient (Wildman–Crippen LogP) is 4.95. The SMILES string of the molecule is Cc1nc2cc(NC(=O)CSc3nc4ccccc4s3)ccc2s1. The van der Waals surface area contributed by atoms with Crippen molar-refractivity contribution in [3.63, 3.8) is 0 Å². The van der Waals surface area contributed by atoms with Gasteiger partial charge in [0.2, 0.25) is 5.91 Å². The molecule has 4 aromatic rings. The Morgan fingerprint density at radius 1 is 1.08 bits per heavy atom. The van der Waals surface area contributed by atoms with Crippen molar-refractivity contribution in [2.45, 2.75) is 11.3 Å². The van der Waals surface area contributed by atoms with Crippen LogP contribution in [-0.2, 0) is 4.79 Å². The van der Waals surface area contributed by atoms with Gasteiger partial charge < -0.3 is 5.32 Å². The third kappa shape index (κ3) is 3.28. The van der Waals surface area contributed by atoms with Crippen LogP contribution in [0.3, 0.4) is 0 Å². The third-order valence-corrected chi connectivity index (χ3v) is 6.51. The number of thioether (sulfide) groups is 1. The zero-order valence-corrected chi connectivity index (χ0v) is 15.2. The van der Waals surface area contributed by atoms with E-state index in [9.17, 15) is 4.79 Å². The average Bonchev–Trinajstić information content (AvgIpc) is 3.14. The minimum Gasteiger partial charge on any atom is -0.325 e. The summed E-state index contributed by atoms with van der Waals surface area (Å²) in [5.41, 5.74) is 2.69. The number of anilines is 1. The quantitative estimate of drug-likeness (QED) is 0.516. The molecule has 0 aliphatic heterocycles. The molecule has 0 radical (unpaired) electrons. The summed E-state index contributed by atoms with van der Waals surface area (Å²) >= 11 is 4.73. The monoisotopic (exact) mass is 371 g/mol. The molecule has 0 fully saturated rings. The van der Waals surface area contributed by atoms with E-state index in [-0.39, 0.29) is 5.91 Å².